The summed E-state index contributed by atoms with van der Waals surface area (Å²) in [6, 6.07) is 14.2. The third-order valence-electron chi connectivity index (χ3n) is 10.4. The minimum absolute atomic E-state index is 0.495. The number of para-hydroxylation sites is 2. The van der Waals surface area contributed by atoms with Crippen LogP contribution in [0.4, 0.5) is 0 Å². The van der Waals surface area contributed by atoms with Crippen LogP contribution in [0.1, 0.15) is 204 Å². The van der Waals surface area contributed by atoms with E-state index in [1.165, 1.54) is 136 Å². The summed E-state index contributed by atoms with van der Waals surface area (Å²) in [5.41, 5.74) is 5.73. The Kier molecular flexibility index (Phi) is 17.4. The Labute approximate surface area is 298 Å². The van der Waals surface area contributed by atoms with Gasteiger partial charge in [-0.15, -0.1) is 22.3 Å². The lowest BCUT2D eigenvalue weighted by molar-refractivity contribution is -0.616. The average molecular weight is 683 g/mol. The molecule has 1 aromatic heterocycles. The number of aromatic nitrogens is 2. The van der Waals surface area contributed by atoms with Gasteiger partial charge in [0.1, 0.15) is 0 Å². The number of hydrogen-bond donors (Lipinski definition) is 0. The van der Waals surface area contributed by atoms with Gasteiger partial charge in [-0.2, -0.15) is 36.4 Å². The van der Waals surface area contributed by atoms with Crippen LogP contribution >= 0.6 is 23.2 Å². The first-order valence-electron chi connectivity index (χ1n) is 19.6. The zero-order chi connectivity index (χ0) is 34.3. The van der Waals surface area contributed by atoms with Gasteiger partial charge in [0, 0.05) is 0 Å². The number of nitrogens with zero attached hydrogens (tertiary/aromatic N) is 2. The van der Waals surface area contributed by atoms with Crippen molar-refractivity contribution in [3.8, 4) is 0 Å². The predicted octanol–water partition coefficient (Wildman–Crippen LogP) is 13.6. The summed E-state index contributed by atoms with van der Waals surface area (Å²) in [6.07, 6.45) is 21.1. The molecular weight excluding hydrogens is 615 g/mol. The molecule has 0 atom stereocenters. The van der Waals surface area contributed by atoms with E-state index in [0.29, 0.717) is 34.0 Å². The largest absolute Gasteiger partial charge is 0.342 e. The monoisotopic (exact) mass is 681 g/mol. The lowest BCUT2D eigenvalue weighted by Crippen LogP contribution is -2.27. The molecule has 3 rings (SSSR count). The average Bonchev–Trinajstić information content (AvgIpc) is 3.36. The van der Waals surface area contributed by atoms with Crippen LogP contribution in [0.2, 0.25) is 10.3 Å². The van der Waals surface area contributed by atoms with Gasteiger partial charge in [0.2, 0.25) is 0 Å². The van der Waals surface area contributed by atoms with E-state index in [1.807, 2.05) is 0 Å². The van der Waals surface area contributed by atoms with Crippen molar-refractivity contribution < 1.29 is 8.49 Å². The summed E-state index contributed by atoms with van der Waals surface area (Å²) in [5, 5.41) is 3.83. The highest BCUT2D eigenvalue weighted by Crippen LogP contribution is 2.35. The van der Waals surface area contributed by atoms with Crippen molar-refractivity contribution in [3.05, 3.63) is 86.0 Å². The van der Waals surface area contributed by atoms with Crippen molar-refractivity contribution in [1.82, 2.24) is 0 Å². The highest BCUT2D eigenvalue weighted by Gasteiger charge is 2.21. The van der Waals surface area contributed by atoms with E-state index >= 15 is 0 Å². The fraction of sp³-hybridized carbons (Fsp3) is 0.651. The summed E-state index contributed by atoms with van der Waals surface area (Å²) in [6.45, 7) is 18.6. The topological polar surface area (TPSA) is 11.8 Å². The number of rotatable bonds is 20. The van der Waals surface area contributed by atoms with E-state index in [2.05, 4.69) is 107 Å². The van der Waals surface area contributed by atoms with Gasteiger partial charge in [-0.05, 0) is 0 Å². The minimum Gasteiger partial charge on any atom is -0.213 e. The van der Waals surface area contributed by atoms with Crippen LogP contribution in [0.15, 0.2) is 42.7 Å². The Morgan fingerprint density at radius 3 is 0.830 bits per heavy atom. The number of hydrogen-bond acceptors (Lipinski definition) is 0. The Hall–Kier alpha value is -1.77. The Balaban J connectivity index is 2.72. The molecule has 2 nitrogen and oxygen atoms in total. The second-order valence-corrected chi connectivity index (χ2v) is 14.8. The van der Waals surface area contributed by atoms with Crippen molar-refractivity contribution in [2.45, 2.75) is 182 Å². The zero-order valence-corrected chi connectivity index (χ0v) is 32.8. The van der Waals surface area contributed by atoms with Crippen molar-refractivity contribution >= 4 is 23.2 Å². The van der Waals surface area contributed by atoms with Gasteiger partial charge >= 0.3 is 6.33 Å². The first-order chi connectivity index (χ1) is 22.9. The second kappa shape index (κ2) is 20.7. The van der Waals surface area contributed by atoms with E-state index in [9.17, 15) is 0 Å². The lowest BCUT2D eigenvalue weighted by atomic mass is 9.84. The highest BCUT2D eigenvalue weighted by molar-refractivity contribution is 6.39. The molecule has 3 aromatic rings. The molecule has 0 saturated heterocycles. The molecule has 0 saturated carbocycles. The van der Waals surface area contributed by atoms with Gasteiger partial charge in [0.15, 0.2) is 0 Å². The van der Waals surface area contributed by atoms with Crippen LogP contribution in [0.5, 0.6) is 0 Å². The number of benzene rings is 2. The zero-order valence-electron chi connectivity index (χ0n) is 31.3. The van der Waals surface area contributed by atoms with Gasteiger partial charge in [0.25, 0.3) is 10.3 Å². The molecule has 0 amide bonds. The fourth-order valence-electron chi connectivity index (χ4n) is 8.37. The molecule has 0 unspecified atom stereocenters. The second-order valence-electron chi connectivity index (χ2n) is 14.1. The van der Waals surface area contributed by atoms with E-state index in [4.69, 9.17) is 23.2 Å². The van der Waals surface area contributed by atoms with Crippen LogP contribution in [-0.4, -0.2) is 0 Å². The summed E-state index contributed by atoms with van der Waals surface area (Å²) < 4.78 is 4.57. The van der Waals surface area contributed by atoms with Crippen LogP contribution in [-0.2, 0) is 0 Å². The first kappa shape index (κ1) is 39.7. The van der Waals surface area contributed by atoms with Gasteiger partial charge in [0.05, 0.1) is 10.7 Å². The van der Waals surface area contributed by atoms with Gasteiger partial charge in [-0.3, -0.25) is 0 Å². The molecule has 0 N–H and O–H groups in total. The highest BCUT2D eigenvalue weighted by atomic mass is 35.5. The molecule has 2 aromatic carbocycles. The molecular formula is C43H67Cl2N2-. The molecule has 0 bridgehead atoms. The quantitative estimate of drug-likeness (QED) is 0.0830. The van der Waals surface area contributed by atoms with E-state index < -0.39 is 0 Å². The maximum absolute atomic E-state index is 7.48. The van der Waals surface area contributed by atoms with Crippen LogP contribution in [0.25, 0.3) is 0 Å². The normalized spacial score (nSPS) is 12.0. The molecule has 1 heterocycles. The lowest BCUT2D eigenvalue weighted by Gasteiger charge is -2.27. The minimum atomic E-state index is 0.495. The summed E-state index contributed by atoms with van der Waals surface area (Å²) in [5.74, 6) is 1.98. The summed E-state index contributed by atoms with van der Waals surface area (Å²) in [7, 11) is 0. The van der Waals surface area contributed by atoms with Gasteiger partial charge in [-0.1, -0.05) is 205 Å². The summed E-state index contributed by atoms with van der Waals surface area (Å²) >= 11 is 15.0. The molecule has 0 aliphatic rings. The van der Waals surface area contributed by atoms with Crippen molar-refractivity contribution in [2.75, 3.05) is 0 Å². The molecule has 0 fully saturated rings. The standard InChI is InChI=1S/C43H67Cl2N2/c1-9-19-32(20-10-2)36-27-17-28-37(33(21-11-3)22-12-4)40(36)46-31-47(43(45)42(46)44)41-38(34(23-13-5)24-14-6)29-18-30-39(41)35(25-15-7)26-16-8/h17-18,27-35H,9-16,19-26H2,1-8H3/q-1. The predicted molar refractivity (Wildman–Crippen MR) is 204 cm³/mol. The smallest absolute Gasteiger partial charge is 0.213 e. The Morgan fingerprint density at radius 1 is 0.426 bits per heavy atom. The third kappa shape index (κ3) is 9.69. The summed E-state index contributed by atoms with van der Waals surface area (Å²) in [4.78, 5) is 0. The van der Waals surface area contributed by atoms with E-state index in [-0.39, 0.29) is 0 Å². The van der Waals surface area contributed by atoms with Gasteiger partial charge < -0.3 is 0 Å². The number of imidazole rings is 1. The van der Waals surface area contributed by atoms with Crippen LogP contribution < -0.4 is 8.49 Å². The molecule has 0 radical (unpaired) electrons. The molecule has 0 spiro atoms. The third-order valence-corrected chi connectivity index (χ3v) is 11.2. The molecule has 0 aliphatic carbocycles. The maximum Gasteiger partial charge on any atom is 0.342 e. The van der Waals surface area contributed by atoms with Crippen molar-refractivity contribution in [1.29, 1.82) is 0 Å². The van der Waals surface area contributed by atoms with Crippen LogP contribution in [0.3, 0.4) is 0 Å². The fourth-order valence-corrected chi connectivity index (χ4v) is 8.81. The molecule has 4 heteroatoms. The van der Waals surface area contributed by atoms with Crippen molar-refractivity contribution in [2.24, 2.45) is 0 Å². The first-order valence-corrected chi connectivity index (χ1v) is 20.4. The molecule has 0 aliphatic heterocycles. The van der Waals surface area contributed by atoms with Crippen molar-refractivity contribution in [3.63, 3.8) is 0 Å². The maximum atomic E-state index is 7.48. The molecule has 264 valence electrons. The van der Waals surface area contributed by atoms with E-state index in [0.717, 1.165) is 0 Å². The van der Waals surface area contributed by atoms with E-state index in [1.54, 1.807) is 0 Å². The van der Waals surface area contributed by atoms with Crippen LogP contribution in [0, 0.1) is 10.7 Å². The SMILES string of the molecule is CCCC(CCC)c1c[cH-]cc(C(CCC)CCC)c1=[n+]1[cH-][n+](=c2c(C(CCC)CCC)c[cH-]cc2C(CCC)CCC)c(Cl)c1Cl. The Bertz CT molecular complexity index is 1330. The van der Waals surface area contributed by atoms with Gasteiger partial charge in [-0.25, -0.2) is 8.49 Å². The molecule has 47 heavy (non-hydrogen) atoms. The Morgan fingerprint density at radius 2 is 0.638 bits per heavy atom. The number of halogens is 2.